The Hall–Kier alpha value is -1.65. The average Bonchev–Trinajstić information content (AvgIpc) is 2.64. The first-order valence-corrected chi connectivity index (χ1v) is 5.28. The Morgan fingerprint density at radius 2 is 2.38 bits per heavy atom. The molecule has 0 bridgehead atoms. The van der Waals surface area contributed by atoms with Crippen molar-refractivity contribution in [3.8, 4) is 0 Å². The zero-order valence-corrected chi connectivity index (χ0v) is 9.11. The monoisotopic (exact) mass is 223 g/mol. The molecule has 0 saturated carbocycles. The van der Waals surface area contributed by atoms with Crippen molar-refractivity contribution in [2.24, 2.45) is 11.7 Å². The van der Waals surface area contributed by atoms with Crippen molar-refractivity contribution in [1.29, 1.82) is 0 Å². The van der Waals surface area contributed by atoms with E-state index in [-0.39, 0.29) is 5.56 Å². The summed E-state index contributed by atoms with van der Waals surface area (Å²) in [6.07, 6.45) is 3.44. The molecule has 86 valence electrons. The van der Waals surface area contributed by atoms with E-state index in [1.165, 1.54) is 6.20 Å². The molecule has 0 aliphatic carbocycles. The van der Waals surface area contributed by atoms with E-state index in [0.29, 0.717) is 11.6 Å². The standard InChI is InChI=1S/C11H14FN3O/c1-7-2-3-15(6-7)10-8(11(13)16)4-14-5-9(10)12/h4-5,7H,2-3,6H2,1H3,(H2,13,16). The summed E-state index contributed by atoms with van der Waals surface area (Å²) < 4.78 is 13.7. The molecule has 1 aromatic heterocycles. The van der Waals surface area contributed by atoms with Crippen LogP contribution in [-0.2, 0) is 0 Å². The fraction of sp³-hybridized carbons (Fsp3) is 0.455. The minimum absolute atomic E-state index is 0.161. The maximum Gasteiger partial charge on any atom is 0.252 e. The van der Waals surface area contributed by atoms with Crippen LogP contribution in [0.2, 0.25) is 0 Å². The lowest BCUT2D eigenvalue weighted by Gasteiger charge is -2.20. The number of rotatable bonds is 2. The molecule has 5 heteroatoms. The minimum Gasteiger partial charge on any atom is -0.368 e. The molecule has 1 aromatic rings. The molecule has 1 aliphatic rings. The summed E-state index contributed by atoms with van der Waals surface area (Å²) in [6.45, 7) is 3.60. The molecule has 1 unspecified atom stereocenters. The Morgan fingerprint density at radius 3 is 2.94 bits per heavy atom. The topological polar surface area (TPSA) is 59.2 Å². The van der Waals surface area contributed by atoms with Gasteiger partial charge in [-0.1, -0.05) is 6.92 Å². The highest BCUT2D eigenvalue weighted by Crippen LogP contribution is 2.28. The molecule has 1 aliphatic heterocycles. The van der Waals surface area contributed by atoms with Crippen LogP contribution in [0.1, 0.15) is 23.7 Å². The molecule has 2 rings (SSSR count). The molecule has 1 atom stereocenters. The normalized spacial score (nSPS) is 20.1. The van der Waals surface area contributed by atoms with Crippen LogP contribution in [0.3, 0.4) is 0 Å². The lowest BCUT2D eigenvalue weighted by Crippen LogP contribution is -2.25. The third-order valence-electron chi connectivity index (χ3n) is 2.88. The van der Waals surface area contributed by atoms with Crippen LogP contribution in [0, 0.1) is 11.7 Å². The number of amides is 1. The maximum atomic E-state index is 13.7. The smallest absolute Gasteiger partial charge is 0.252 e. The third-order valence-corrected chi connectivity index (χ3v) is 2.88. The highest BCUT2D eigenvalue weighted by Gasteiger charge is 2.25. The number of nitrogens with zero attached hydrogens (tertiary/aromatic N) is 2. The van der Waals surface area contributed by atoms with Gasteiger partial charge in [0.2, 0.25) is 0 Å². The lowest BCUT2D eigenvalue weighted by molar-refractivity contribution is 0.1000. The van der Waals surface area contributed by atoms with Crippen molar-refractivity contribution in [2.45, 2.75) is 13.3 Å². The summed E-state index contributed by atoms with van der Waals surface area (Å²) in [5.41, 5.74) is 5.67. The van der Waals surface area contributed by atoms with Crippen LogP contribution in [0.4, 0.5) is 10.1 Å². The van der Waals surface area contributed by atoms with E-state index in [9.17, 15) is 9.18 Å². The molecule has 0 radical (unpaired) electrons. The number of primary amides is 1. The minimum atomic E-state index is -0.637. The fourth-order valence-electron chi connectivity index (χ4n) is 2.07. The summed E-state index contributed by atoms with van der Waals surface area (Å²) in [4.78, 5) is 16.7. The van der Waals surface area contributed by atoms with E-state index in [0.717, 1.165) is 25.7 Å². The Bertz CT molecular complexity index is 422. The van der Waals surface area contributed by atoms with Crippen LogP contribution >= 0.6 is 0 Å². The molecule has 4 nitrogen and oxygen atoms in total. The summed E-state index contributed by atoms with van der Waals surface area (Å²) in [7, 11) is 0. The first kappa shape index (κ1) is 10.9. The highest BCUT2D eigenvalue weighted by molar-refractivity contribution is 5.98. The van der Waals surface area contributed by atoms with E-state index in [1.807, 2.05) is 4.90 Å². The van der Waals surface area contributed by atoms with Gasteiger partial charge in [0.25, 0.3) is 5.91 Å². The van der Waals surface area contributed by atoms with E-state index >= 15 is 0 Å². The number of anilines is 1. The van der Waals surface area contributed by atoms with Crippen LogP contribution < -0.4 is 10.6 Å². The predicted octanol–water partition coefficient (Wildman–Crippen LogP) is 1.17. The Labute approximate surface area is 93.3 Å². The molecule has 1 amide bonds. The largest absolute Gasteiger partial charge is 0.368 e. The van der Waals surface area contributed by atoms with Gasteiger partial charge in [-0.2, -0.15) is 0 Å². The summed E-state index contributed by atoms with van der Waals surface area (Å²) in [5.74, 6) is -0.611. The third kappa shape index (κ3) is 1.85. The molecule has 16 heavy (non-hydrogen) atoms. The number of aromatic nitrogens is 1. The molecule has 2 N–H and O–H groups in total. The first-order chi connectivity index (χ1) is 7.59. The van der Waals surface area contributed by atoms with Crippen molar-refractivity contribution in [2.75, 3.05) is 18.0 Å². The van der Waals surface area contributed by atoms with Crippen molar-refractivity contribution in [3.05, 3.63) is 23.8 Å². The number of hydrogen-bond donors (Lipinski definition) is 1. The Balaban J connectivity index is 2.42. The van der Waals surface area contributed by atoms with Gasteiger partial charge in [-0.3, -0.25) is 9.78 Å². The summed E-state index contributed by atoms with van der Waals surface area (Å²) in [5, 5.41) is 0. The highest BCUT2D eigenvalue weighted by atomic mass is 19.1. The van der Waals surface area contributed by atoms with Gasteiger partial charge in [0.1, 0.15) is 0 Å². The molecule has 2 heterocycles. The molecular formula is C11H14FN3O. The van der Waals surface area contributed by atoms with Crippen LogP contribution in [0.25, 0.3) is 0 Å². The lowest BCUT2D eigenvalue weighted by atomic mass is 10.1. The van der Waals surface area contributed by atoms with Crippen LogP contribution in [0.5, 0.6) is 0 Å². The Morgan fingerprint density at radius 1 is 1.62 bits per heavy atom. The zero-order chi connectivity index (χ0) is 11.7. The van der Waals surface area contributed by atoms with E-state index in [4.69, 9.17) is 5.73 Å². The first-order valence-electron chi connectivity index (χ1n) is 5.28. The van der Waals surface area contributed by atoms with Crippen molar-refractivity contribution in [1.82, 2.24) is 4.98 Å². The van der Waals surface area contributed by atoms with Gasteiger partial charge in [0, 0.05) is 19.3 Å². The quantitative estimate of drug-likeness (QED) is 0.818. The molecular weight excluding hydrogens is 209 g/mol. The van der Waals surface area contributed by atoms with Crippen molar-refractivity contribution < 1.29 is 9.18 Å². The molecule has 1 saturated heterocycles. The average molecular weight is 223 g/mol. The SMILES string of the molecule is CC1CCN(c2c(F)cncc2C(N)=O)C1. The van der Waals surface area contributed by atoms with Gasteiger partial charge < -0.3 is 10.6 Å². The molecule has 0 aromatic carbocycles. The van der Waals surface area contributed by atoms with Gasteiger partial charge in [0.15, 0.2) is 5.82 Å². The molecule has 0 spiro atoms. The van der Waals surface area contributed by atoms with Crippen LogP contribution in [-0.4, -0.2) is 24.0 Å². The Kier molecular flexibility index (Phi) is 2.77. The molecule has 1 fully saturated rings. The second-order valence-corrected chi connectivity index (χ2v) is 4.22. The predicted molar refractivity (Wildman–Crippen MR) is 58.7 cm³/mol. The van der Waals surface area contributed by atoms with Gasteiger partial charge in [0.05, 0.1) is 17.4 Å². The summed E-state index contributed by atoms with van der Waals surface area (Å²) >= 11 is 0. The fourth-order valence-corrected chi connectivity index (χ4v) is 2.07. The second-order valence-electron chi connectivity index (χ2n) is 4.22. The second kappa shape index (κ2) is 4.08. The van der Waals surface area contributed by atoms with Crippen molar-refractivity contribution >= 4 is 11.6 Å². The van der Waals surface area contributed by atoms with E-state index in [1.54, 1.807) is 0 Å². The number of carbonyl (C=O) groups excluding carboxylic acids is 1. The van der Waals surface area contributed by atoms with Gasteiger partial charge in [-0.25, -0.2) is 4.39 Å². The maximum absolute atomic E-state index is 13.7. The number of nitrogens with two attached hydrogens (primary N) is 1. The van der Waals surface area contributed by atoms with Crippen molar-refractivity contribution in [3.63, 3.8) is 0 Å². The van der Waals surface area contributed by atoms with Gasteiger partial charge in [-0.05, 0) is 12.3 Å². The number of hydrogen-bond acceptors (Lipinski definition) is 3. The van der Waals surface area contributed by atoms with Gasteiger partial charge in [-0.15, -0.1) is 0 Å². The number of pyridine rings is 1. The number of carbonyl (C=O) groups is 1. The van der Waals surface area contributed by atoms with Gasteiger partial charge >= 0.3 is 0 Å². The summed E-state index contributed by atoms with van der Waals surface area (Å²) in [6, 6.07) is 0. The van der Waals surface area contributed by atoms with E-state index < -0.39 is 11.7 Å². The number of halogens is 1. The van der Waals surface area contributed by atoms with E-state index in [2.05, 4.69) is 11.9 Å². The zero-order valence-electron chi connectivity index (χ0n) is 9.11. The van der Waals surface area contributed by atoms with Crippen LogP contribution in [0.15, 0.2) is 12.4 Å².